The first kappa shape index (κ1) is 21.3. The molecule has 7 heteroatoms. The third kappa shape index (κ3) is 4.84. The van der Waals surface area contributed by atoms with Crippen molar-refractivity contribution in [3.05, 3.63) is 28.7 Å². The second-order valence-electron chi connectivity index (χ2n) is 6.24. The quantitative estimate of drug-likeness (QED) is 0.449. The van der Waals surface area contributed by atoms with E-state index < -0.39 is 0 Å². The third-order valence-electron chi connectivity index (χ3n) is 4.06. The molecule has 0 N–H and O–H groups in total. The minimum atomic E-state index is -0.271. The van der Waals surface area contributed by atoms with Crippen LogP contribution in [0.5, 0.6) is 11.5 Å². The summed E-state index contributed by atoms with van der Waals surface area (Å²) in [4.78, 5) is 27.6. The summed E-state index contributed by atoms with van der Waals surface area (Å²) in [6, 6.07) is 5.26. The number of carbonyl (C=O) groups is 2. The monoisotopic (exact) mass is 393 g/mol. The summed E-state index contributed by atoms with van der Waals surface area (Å²) in [6.07, 6.45) is 0.737. The Morgan fingerprint density at radius 2 is 1.78 bits per heavy atom. The molecule has 1 heterocycles. The van der Waals surface area contributed by atoms with Gasteiger partial charge in [0.05, 0.1) is 30.8 Å². The van der Waals surface area contributed by atoms with Crippen LogP contribution in [0.4, 0.5) is 0 Å². The topological polar surface area (TPSA) is 65.1 Å². The lowest BCUT2D eigenvalue weighted by Crippen LogP contribution is -2.33. The maximum Gasteiger partial charge on any atom is 0.267 e. The summed E-state index contributed by atoms with van der Waals surface area (Å²) >= 11 is 1.39. The average Bonchev–Trinajstić information content (AvgIpc) is 2.88. The van der Waals surface area contributed by atoms with E-state index in [1.54, 1.807) is 32.4 Å². The van der Waals surface area contributed by atoms with Gasteiger partial charge in [0.15, 0.2) is 11.5 Å². The Morgan fingerprint density at radius 1 is 1.07 bits per heavy atom. The molecule has 0 spiro atoms. The summed E-state index contributed by atoms with van der Waals surface area (Å²) < 4.78 is 16.1. The molecule has 0 bridgehead atoms. The highest BCUT2D eigenvalue weighted by molar-refractivity contribution is 8.04. The second kappa shape index (κ2) is 9.80. The highest BCUT2D eigenvalue weighted by Gasteiger charge is 2.38. The van der Waals surface area contributed by atoms with Gasteiger partial charge >= 0.3 is 0 Å². The molecule has 2 amide bonds. The Balaban J connectivity index is 2.29. The summed E-state index contributed by atoms with van der Waals surface area (Å²) in [5, 5.41) is 0. The summed E-state index contributed by atoms with van der Waals surface area (Å²) in [7, 11) is 3.10. The van der Waals surface area contributed by atoms with Crippen LogP contribution in [0, 0.1) is 0 Å². The van der Waals surface area contributed by atoms with Gasteiger partial charge in [-0.15, -0.1) is 11.8 Å². The number of hydrogen-bond acceptors (Lipinski definition) is 6. The molecule has 1 aromatic carbocycles. The molecule has 27 heavy (non-hydrogen) atoms. The molecule has 0 unspecified atom stereocenters. The zero-order valence-electron chi connectivity index (χ0n) is 16.5. The van der Waals surface area contributed by atoms with E-state index in [-0.39, 0.29) is 17.9 Å². The Labute approximate surface area is 164 Å². The first-order chi connectivity index (χ1) is 12.9. The number of ether oxygens (including phenoxy) is 3. The zero-order valence-corrected chi connectivity index (χ0v) is 17.4. The van der Waals surface area contributed by atoms with Crippen LogP contribution >= 0.6 is 11.8 Å². The van der Waals surface area contributed by atoms with Crippen molar-refractivity contribution in [2.75, 3.05) is 33.1 Å². The van der Waals surface area contributed by atoms with E-state index in [2.05, 4.69) is 0 Å². The van der Waals surface area contributed by atoms with E-state index >= 15 is 0 Å². The van der Waals surface area contributed by atoms with Crippen LogP contribution in [-0.2, 0) is 14.3 Å². The summed E-state index contributed by atoms with van der Waals surface area (Å²) in [5.41, 5.74) is 1.08. The first-order valence-electron chi connectivity index (χ1n) is 9.01. The minimum absolute atomic E-state index is 0.127. The van der Waals surface area contributed by atoms with Crippen LogP contribution in [0.15, 0.2) is 23.1 Å². The fourth-order valence-corrected chi connectivity index (χ4v) is 3.69. The van der Waals surface area contributed by atoms with E-state index in [1.165, 1.54) is 16.7 Å². The molecule has 0 atom stereocenters. The maximum absolute atomic E-state index is 13.0. The Morgan fingerprint density at radius 3 is 2.37 bits per heavy atom. The normalized spacial score (nSPS) is 14.5. The van der Waals surface area contributed by atoms with Gasteiger partial charge in [0.25, 0.3) is 11.8 Å². The van der Waals surface area contributed by atoms with Gasteiger partial charge in [-0.3, -0.25) is 14.5 Å². The summed E-state index contributed by atoms with van der Waals surface area (Å²) in [6.45, 7) is 6.73. The number of rotatable bonds is 10. The number of methoxy groups -OCH3 is 2. The van der Waals surface area contributed by atoms with Crippen molar-refractivity contribution in [2.45, 2.75) is 33.3 Å². The molecule has 1 aliphatic rings. The Bertz CT molecular complexity index is 729. The van der Waals surface area contributed by atoms with Gasteiger partial charge in [-0.2, -0.15) is 0 Å². The van der Waals surface area contributed by atoms with Crippen molar-refractivity contribution in [2.24, 2.45) is 0 Å². The molecule has 0 saturated heterocycles. The van der Waals surface area contributed by atoms with Crippen molar-refractivity contribution >= 4 is 29.1 Å². The molecule has 0 radical (unpaired) electrons. The lowest BCUT2D eigenvalue weighted by Gasteiger charge is -2.16. The molecule has 2 rings (SSSR count). The zero-order chi connectivity index (χ0) is 20.0. The molecular formula is C20H27NO5S. The van der Waals surface area contributed by atoms with Gasteiger partial charge in [0.1, 0.15) is 0 Å². The van der Waals surface area contributed by atoms with Crippen LogP contribution in [0.25, 0.3) is 5.57 Å². The Hall–Kier alpha value is -1.99. The predicted octanol–water partition coefficient (Wildman–Crippen LogP) is 3.35. The lowest BCUT2D eigenvalue weighted by atomic mass is 10.1. The van der Waals surface area contributed by atoms with Crippen LogP contribution in [0.1, 0.15) is 32.8 Å². The smallest absolute Gasteiger partial charge is 0.267 e. The highest BCUT2D eigenvalue weighted by Crippen LogP contribution is 2.39. The predicted molar refractivity (Wildman–Crippen MR) is 107 cm³/mol. The molecule has 0 aliphatic carbocycles. The van der Waals surface area contributed by atoms with Gasteiger partial charge in [0.2, 0.25) is 0 Å². The van der Waals surface area contributed by atoms with Crippen LogP contribution in [0.3, 0.4) is 0 Å². The number of thioether (sulfide) groups is 1. The van der Waals surface area contributed by atoms with Crippen molar-refractivity contribution in [1.29, 1.82) is 0 Å². The van der Waals surface area contributed by atoms with Gasteiger partial charge in [-0.05, 0) is 43.7 Å². The highest BCUT2D eigenvalue weighted by atomic mass is 32.2. The van der Waals surface area contributed by atoms with Gasteiger partial charge < -0.3 is 14.2 Å². The van der Waals surface area contributed by atoms with Crippen LogP contribution in [0.2, 0.25) is 0 Å². The molecule has 0 fully saturated rings. The van der Waals surface area contributed by atoms with Gasteiger partial charge in [0, 0.05) is 13.2 Å². The lowest BCUT2D eigenvalue weighted by molar-refractivity contribution is -0.136. The van der Waals surface area contributed by atoms with E-state index in [9.17, 15) is 9.59 Å². The van der Waals surface area contributed by atoms with E-state index in [4.69, 9.17) is 14.2 Å². The molecular weight excluding hydrogens is 366 g/mol. The average molecular weight is 394 g/mol. The van der Waals surface area contributed by atoms with Gasteiger partial charge in [-0.25, -0.2) is 0 Å². The largest absolute Gasteiger partial charge is 0.493 e. The van der Waals surface area contributed by atoms with Crippen molar-refractivity contribution in [3.63, 3.8) is 0 Å². The Kier molecular flexibility index (Phi) is 7.74. The summed E-state index contributed by atoms with van der Waals surface area (Å²) in [5.74, 6) is 1.29. The first-order valence-corrected chi connectivity index (χ1v) is 10.00. The fourth-order valence-electron chi connectivity index (χ4n) is 2.82. The standard InChI is InChI=1S/C20H27NO5S/c1-6-27-18-17(14-8-9-15(24-4)16(12-14)25-5)19(22)21(20(18)23)10-7-11-26-13(2)3/h8-9,12-13H,6-7,10-11H2,1-5H3. The second-order valence-corrected chi connectivity index (χ2v) is 7.52. The molecule has 6 nitrogen and oxygen atoms in total. The number of imide groups is 1. The van der Waals surface area contributed by atoms with Crippen molar-refractivity contribution < 1.29 is 23.8 Å². The van der Waals surface area contributed by atoms with E-state index in [0.717, 1.165) is 0 Å². The van der Waals surface area contributed by atoms with Crippen LogP contribution < -0.4 is 9.47 Å². The minimum Gasteiger partial charge on any atom is -0.493 e. The van der Waals surface area contributed by atoms with E-state index in [1.807, 2.05) is 20.8 Å². The van der Waals surface area contributed by atoms with Gasteiger partial charge in [-0.1, -0.05) is 13.0 Å². The molecule has 0 aromatic heterocycles. The number of amides is 2. The number of hydrogen-bond donors (Lipinski definition) is 0. The molecule has 0 saturated carbocycles. The van der Waals surface area contributed by atoms with Crippen molar-refractivity contribution in [3.8, 4) is 11.5 Å². The molecule has 1 aliphatic heterocycles. The number of benzene rings is 1. The van der Waals surface area contributed by atoms with E-state index in [0.29, 0.717) is 52.9 Å². The fraction of sp³-hybridized carbons (Fsp3) is 0.500. The molecule has 1 aromatic rings. The van der Waals surface area contributed by atoms with Crippen molar-refractivity contribution in [1.82, 2.24) is 4.90 Å². The molecule has 148 valence electrons. The van der Waals surface area contributed by atoms with Crippen LogP contribution in [-0.4, -0.2) is 55.9 Å². The SMILES string of the molecule is CCSC1=C(c2ccc(OC)c(OC)c2)C(=O)N(CCCOC(C)C)C1=O. The number of nitrogens with zero attached hydrogens (tertiary/aromatic N) is 1. The third-order valence-corrected chi connectivity index (χ3v) is 5.02. The maximum atomic E-state index is 13.0. The number of carbonyl (C=O) groups excluding carboxylic acids is 2.